The van der Waals surface area contributed by atoms with Crippen LogP contribution in [0.5, 0.6) is 0 Å². The van der Waals surface area contributed by atoms with Crippen LogP contribution in [0.15, 0.2) is 16.7 Å². The summed E-state index contributed by atoms with van der Waals surface area (Å²) in [5, 5.41) is 3.54. The Morgan fingerprint density at radius 2 is 2.21 bits per heavy atom. The lowest BCUT2D eigenvalue weighted by Crippen LogP contribution is -2.23. The van der Waals surface area contributed by atoms with Crippen molar-refractivity contribution in [1.29, 1.82) is 0 Å². The van der Waals surface area contributed by atoms with E-state index >= 15 is 0 Å². The fourth-order valence-electron chi connectivity index (χ4n) is 2.98. The van der Waals surface area contributed by atoms with Gasteiger partial charge in [-0.05, 0) is 43.7 Å². The van der Waals surface area contributed by atoms with Crippen molar-refractivity contribution in [2.45, 2.75) is 52.2 Å². The van der Waals surface area contributed by atoms with Gasteiger partial charge < -0.3 is 9.73 Å². The highest BCUT2D eigenvalue weighted by Gasteiger charge is 2.26. The van der Waals surface area contributed by atoms with Crippen LogP contribution in [-0.4, -0.2) is 24.0 Å². The Morgan fingerprint density at radius 1 is 1.37 bits per heavy atom. The maximum atomic E-state index is 5.64. The first-order valence-electron chi connectivity index (χ1n) is 7.73. The second-order valence-corrected chi connectivity index (χ2v) is 6.55. The lowest BCUT2D eigenvalue weighted by Gasteiger charge is -2.17. The summed E-state index contributed by atoms with van der Waals surface area (Å²) in [6.07, 6.45) is 5.86. The largest absolute Gasteiger partial charge is 0.468 e. The minimum Gasteiger partial charge on any atom is -0.468 e. The molecule has 1 aromatic heterocycles. The molecular weight excluding hydrogens is 236 g/mol. The molecule has 1 saturated carbocycles. The van der Waals surface area contributed by atoms with E-state index in [1.807, 2.05) is 6.26 Å². The Bertz CT molecular complexity index is 409. The zero-order valence-electron chi connectivity index (χ0n) is 12.2. The molecule has 1 atom stereocenters. The maximum Gasteiger partial charge on any atom is 0.122 e. The summed E-state index contributed by atoms with van der Waals surface area (Å²) < 4.78 is 5.64. The zero-order valence-corrected chi connectivity index (χ0v) is 12.2. The van der Waals surface area contributed by atoms with Gasteiger partial charge in [0.15, 0.2) is 0 Å². The Balaban J connectivity index is 1.53. The van der Waals surface area contributed by atoms with E-state index in [2.05, 4.69) is 30.1 Å². The van der Waals surface area contributed by atoms with Gasteiger partial charge in [0.2, 0.25) is 0 Å². The molecular formula is C16H26N2O. The monoisotopic (exact) mass is 262 g/mol. The van der Waals surface area contributed by atoms with E-state index in [0.717, 1.165) is 36.7 Å². The average molecular weight is 262 g/mol. The third-order valence-corrected chi connectivity index (χ3v) is 4.61. The van der Waals surface area contributed by atoms with Crippen molar-refractivity contribution in [3.63, 3.8) is 0 Å². The number of hydrogen-bond acceptors (Lipinski definition) is 3. The van der Waals surface area contributed by atoms with Gasteiger partial charge in [-0.1, -0.05) is 13.8 Å². The molecule has 1 aromatic rings. The van der Waals surface area contributed by atoms with Crippen LogP contribution < -0.4 is 5.32 Å². The quantitative estimate of drug-likeness (QED) is 0.854. The number of hydrogen-bond donors (Lipinski definition) is 1. The van der Waals surface area contributed by atoms with Gasteiger partial charge in [-0.2, -0.15) is 0 Å². The van der Waals surface area contributed by atoms with Gasteiger partial charge in [0.25, 0.3) is 0 Å². The van der Waals surface area contributed by atoms with Gasteiger partial charge in [-0.15, -0.1) is 0 Å². The Labute approximate surface area is 116 Å². The van der Waals surface area contributed by atoms with E-state index in [1.165, 1.54) is 37.9 Å². The summed E-state index contributed by atoms with van der Waals surface area (Å²) >= 11 is 0. The van der Waals surface area contributed by atoms with E-state index in [9.17, 15) is 0 Å². The summed E-state index contributed by atoms with van der Waals surface area (Å²) in [5.74, 6) is 2.82. The van der Waals surface area contributed by atoms with Crippen LogP contribution >= 0.6 is 0 Å². The molecule has 1 N–H and O–H groups in total. The van der Waals surface area contributed by atoms with E-state index in [1.54, 1.807) is 0 Å². The van der Waals surface area contributed by atoms with E-state index in [0.29, 0.717) is 0 Å². The summed E-state index contributed by atoms with van der Waals surface area (Å²) in [5.41, 5.74) is 1.37. The highest BCUT2D eigenvalue weighted by molar-refractivity contribution is 5.17. The van der Waals surface area contributed by atoms with Crippen molar-refractivity contribution in [3.8, 4) is 0 Å². The van der Waals surface area contributed by atoms with Crippen molar-refractivity contribution in [2.24, 2.45) is 11.8 Å². The molecule has 106 valence electrons. The second kappa shape index (κ2) is 5.68. The molecule has 0 bridgehead atoms. The molecule has 1 aliphatic heterocycles. The molecule has 2 aliphatic rings. The minimum absolute atomic E-state index is 0.745. The first-order valence-corrected chi connectivity index (χ1v) is 7.73. The standard InChI is InChI=1S/C16H26N2O/c1-12(2)13-5-7-18(10-13)11-14-6-8-19-16(14)9-17-15-3-4-15/h6,8,12-13,15,17H,3-5,7,9-11H2,1-2H3. The first kappa shape index (κ1) is 13.2. The van der Waals surface area contributed by atoms with Gasteiger partial charge in [-0.25, -0.2) is 0 Å². The van der Waals surface area contributed by atoms with Gasteiger partial charge in [0, 0.05) is 24.7 Å². The molecule has 19 heavy (non-hydrogen) atoms. The first-order chi connectivity index (χ1) is 9.22. The third kappa shape index (κ3) is 3.40. The summed E-state index contributed by atoms with van der Waals surface area (Å²) in [4.78, 5) is 2.58. The SMILES string of the molecule is CC(C)C1CCN(Cc2ccoc2CNC2CC2)C1. The van der Waals surface area contributed by atoms with Crippen LogP contribution in [0.2, 0.25) is 0 Å². The van der Waals surface area contributed by atoms with Crippen molar-refractivity contribution in [1.82, 2.24) is 10.2 Å². The van der Waals surface area contributed by atoms with Gasteiger partial charge in [0.05, 0.1) is 12.8 Å². The fraction of sp³-hybridized carbons (Fsp3) is 0.750. The molecule has 0 aromatic carbocycles. The molecule has 2 fully saturated rings. The lowest BCUT2D eigenvalue weighted by molar-refractivity contribution is 0.294. The molecule has 1 unspecified atom stereocenters. The average Bonchev–Trinajstić information content (AvgIpc) is 2.92. The molecule has 0 radical (unpaired) electrons. The zero-order chi connectivity index (χ0) is 13.2. The second-order valence-electron chi connectivity index (χ2n) is 6.55. The molecule has 2 heterocycles. The topological polar surface area (TPSA) is 28.4 Å². The predicted molar refractivity (Wildman–Crippen MR) is 76.8 cm³/mol. The highest BCUT2D eigenvalue weighted by atomic mass is 16.3. The smallest absolute Gasteiger partial charge is 0.122 e. The third-order valence-electron chi connectivity index (χ3n) is 4.61. The van der Waals surface area contributed by atoms with Crippen LogP contribution in [0.1, 0.15) is 44.4 Å². The molecule has 0 spiro atoms. The highest BCUT2D eigenvalue weighted by Crippen LogP contribution is 2.26. The lowest BCUT2D eigenvalue weighted by atomic mass is 9.95. The minimum atomic E-state index is 0.745. The predicted octanol–water partition coefficient (Wildman–Crippen LogP) is 3.01. The van der Waals surface area contributed by atoms with E-state index in [4.69, 9.17) is 4.42 Å². The van der Waals surface area contributed by atoms with Crippen LogP contribution in [-0.2, 0) is 13.1 Å². The van der Waals surface area contributed by atoms with Crippen LogP contribution in [0.4, 0.5) is 0 Å². The van der Waals surface area contributed by atoms with E-state index < -0.39 is 0 Å². The maximum absolute atomic E-state index is 5.64. The molecule has 3 heteroatoms. The fourth-order valence-corrected chi connectivity index (χ4v) is 2.98. The molecule has 3 rings (SSSR count). The van der Waals surface area contributed by atoms with Crippen LogP contribution in [0, 0.1) is 11.8 Å². The molecule has 3 nitrogen and oxygen atoms in total. The molecule has 1 saturated heterocycles. The molecule has 0 amide bonds. The number of nitrogens with zero attached hydrogens (tertiary/aromatic N) is 1. The van der Waals surface area contributed by atoms with Gasteiger partial charge in [0.1, 0.15) is 5.76 Å². The summed E-state index contributed by atoms with van der Waals surface area (Å²) in [7, 11) is 0. The number of likely N-dealkylation sites (tertiary alicyclic amines) is 1. The summed E-state index contributed by atoms with van der Waals surface area (Å²) in [6.45, 7) is 9.13. The van der Waals surface area contributed by atoms with Crippen molar-refractivity contribution < 1.29 is 4.42 Å². The van der Waals surface area contributed by atoms with Crippen LogP contribution in [0.25, 0.3) is 0 Å². The Hall–Kier alpha value is -0.800. The van der Waals surface area contributed by atoms with Gasteiger partial charge >= 0.3 is 0 Å². The normalized spacial score (nSPS) is 24.5. The van der Waals surface area contributed by atoms with Crippen molar-refractivity contribution in [3.05, 3.63) is 23.7 Å². The number of rotatable bonds is 6. The number of nitrogens with one attached hydrogen (secondary N) is 1. The Morgan fingerprint density at radius 3 is 2.89 bits per heavy atom. The van der Waals surface area contributed by atoms with Crippen molar-refractivity contribution in [2.75, 3.05) is 13.1 Å². The van der Waals surface area contributed by atoms with Crippen molar-refractivity contribution >= 4 is 0 Å². The Kier molecular flexibility index (Phi) is 3.94. The molecule has 1 aliphatic carbocycles. The van der Waals surface area contributed by atoms with Crippen LogP contribution in [0.3, 0.4) is 0 Å². The summed E-state index contributed by atoms with van der Waals surface area (Å²) in [6, 6.07) is 2.89. The number of furan rings is 1. The van der Waals surface area contributed by atoms with Gasteiger partial charge in [-0.3, -0.25) is 4.90 Å². The van der Waals surface area contributed by atoms with E-state index in [-0.39, 0.29) is 0 Å².